The molecule has 0 fully saturated rings. The summed E-state index contributed by atoms with van der Waals surface area (Å²) in [6.07, 6.45) is 0. The van der Waals surface area contributed by atoms with Gasteiger partial charge < -0.3 is 14.8 Å². The number of nitrogens with zero attached hydrogens (tertiary/aromatic N) is 1. The minimum Gasteiger partial charge on any atom is -0.490 e. The zero-order chi connectivity index (χ0) is 21.5. The van der Waals surface area contributed by atoms with E-state index in [1.165, 1.54) is 12.1 Å². The molecule has 0 aliphatic rings. The average molecular weight is 492 g/mol. The Morgan fingerprint density at radius 2 is 1.83 bits per heavy atom. The van der Waals surface area contributed by atoms with Gasteiger partial charge in [0.25, 0.3) is 5.69 Å². The summed E-state index contributed by atoms with van der Waals surface area (Å²) in [6, 6.07) is 17.8. The topological polar surface area (TPSA) is 73.6 Å². The molecule has 0 atom stereocenters. The molecule has 156 valence electrons. The summed E-state index contributed by atoms with van der Waals surface area (Å²) in [7, 11) is 0. The number of hydrogen-bond acceptors (Lipinski definition) is 5. The molecule has 30 heavy (non-hydrogen) atoms. The Morgan fingerprint density at radius 3 is 2.53 bits per heavy atom. The highest BCUT2D eigenvalue weighted by atomic mass is 79.9. The molecule has 0 aromatic heterocycles. The number of nitro groups is 1. The van der Waals surface area contributed by atoms with Crippen molar-refractivity contribution in [2.75, 3.05) is 11.9 Å². The molecular weight excluding hydrogens is 472 g/mol. The zero-order valence-corrected chi connectivity index (χ0v) is 18.6. The fraction of sp³-hybridized carbons (Fsp3) is 0.182. The van der Waals surface area contributed by atoms with Crippen LogP contribution in [0.25, 0.3) is 0 Å². The molecule has 1 N–H and O–H groups in total. The van der Waals surface area contributed by atoms with Crippen LogP contribution in [0.1, 0.15) is 18.1 Å². The van der Waals surface area contributed by atoms with Crippen molar-refractivity contribution in [3.05, 3.63) is 91.4 Å². The molecule has 0 saturated carbocycles. The van der Waals surface area contributed by atoms with Crippen LogP contribution in [0.3, 0.4) is 0 Å². The van der Waals surface area contributed by atoms with Gasteiger partial charge in [0, 0.05) is 28.8 Å². The van der Waals surface area contributed by atoms with Crippen LogP contribution in [0.5, 0.6) is 11.5 Å². The van der Waals surface area contributed by atoms with E-state index in [1.807, 2.05) is 37.3 Å². The highest BCUT2D eigenvalue weighted by Gasteiger charge is 2.13. The number of benzene rings is 3. The lowest BCUT2D eigenvalue weighted by Gasteiger charge is -2.16. The summed E-state index contributed by atoms with van der Waals surface area (Å²) in [5.74, 6) is 1.04. The highest BCUT2D eigenvalue weighted by Crippen LogP contribution is 2.37. The molecule has 0 spiro atoms. The second-order valence-corrected chi connectivity index (χ2v) is 7.74. The van der Waals surface area contributed by atoms with Gasteiger partial charge >= 0.3 is 0 Å². The first-order chi connectivity index (χ1) is 14.5. The molecule has 0 radical (unpaired) electrons. The Labute approximate surface area is 188 Å². The number of non-ortho nitro benzene ring substituents is 1. The molecule has 3 aromatic rings. The SMILES string of the molecule is CCOc1cc(CNc2cccc([N+](=O)[O-])c2)cc(Cl)c1OCc1ccc(Br)cc1. The summed E-state index contributed by atoms with van der Waals surface area (Å²) in [6.45, 7) is 3.14. The van der Waals surface area contributed by atoms with E-state index in [9.17, 15) is 10.1 Å². The summed E-state index contributed by atoms with van der Waals surface area (Å²) in [5, 5.41) is 14.5. The lowest BCUT2D eigenvalue weighted by molar-refractivity contribution is -0.384. The first kappa shape index (κ1) is 21.9. The van der Waals surface area contributed by atoms with Crippen LogP contribution in [0.4, 0.5) is 11.4 Å². The van der Waals surface area contributed by atoms with E-state index >= 15 is 0 Å². The van der Waals surface area contributed by atoms with Gasteiger partial charge in [0.2, 0.25) is 0 Å². The molecule has 0 unspecified atom stereocenters. The van der Waals surface area contributed by atoms with E-state index in [1.54, 1.807) is 18.2 Å². The summed E-state index contributed by atoms with van der Waals surface area (Å²) >= 11 is 9.90. The third-order valence-corrected chi connectivity index (χ3v) is 5.03. The molecule has 0 heterocycles. The molecule has 0 aliphatic heterocycles. The van der Waals surface area contributed by atoms with Gasteiger partial charge in [-0.15, -0.1) is 0 Å². The summed E-state index contributed by atoms with van der Waals surface area (Å²) in [4.78, 5) is 10.5. The number of hydrogen-bond donors (Lipinski definition) is 1. The summed E-state index contributed by atoms with van der Waals surface area (Å²) in [5.41, 5.74) is 2.55. The standard InChI is InChI=1S/C22H20BrClN2O4/c1-2-29-21-11-16(13-25-18-4-3-5-19(12-18)26(27)28)10-20(24)22(21)30-14-15-6-8-17(23)9-7-15/h3-12,25H,2,13-14H2,1H3. The maximum absolute atomic E-state index is 10.9. The molecular formula is C22H20BrClN2O4. The Bertz CT molecular complexity index is 1030. The fourth-order valence-electron chi connectivity index (χ4n) is 2.80. The van der Waals surface area contributed by atoms with Crippen molar-refractivity contribution >= 4 is 38.9 Å². The quantitative estimate of drug-likeness (QED) is 0.270. The van der Waals surface area contributed by atoms with Gasteiger partial charge in [-0.1, -0.05) is 45.7 Å². The van der Waals surface area contributed by atoms with E-state index in [0.29, 0.717) is 42.0 Å². The monoisotopic (exact) mass is 490 g/mol. The fourth-order valence-corrected chi connectivity index (χ4v) is 3.35. The molecule has 3 rings (SSSR count). The van der Waals surface area contributed by atoms with Crippen LogP contribution in [-0.2, 0) is 13.2 Å². The minimum atomic E-state index is -0.424. The van der Waals surface area contributed by atoms with E-state index in [0.717, 1.165) is 15.6 Å². The highest BCUT2D eigenvalue weighted by molar-refractivity contribution is 9.10. The first-order valence-electron chi connectivity index (χ1n) is 9.27. The second-order valence-electron chi connectivity index (χ2n) is 6.41. The van der Waals surface area contributed by atoms with E-state index in [-0.39, 0.29) is 5.69 Å². The van der Waals surface area contributed by atoms with E-state index in [2.05, 4.69) is 21.2 Å². The maximum Gasteiger partial charge on any atom is 0.271 e. The Morgan fingerprint density at radius 1 is 1.07 bits per heavy atom. The predicted octanol–water partition coefficient (Wildman–Crippen LogP) is 6.60. The van der Waals surface area contributed by atoms with Crippen LogP contribution in [0, 0.1) is 10.1 Å². The van der Waals surface area contributed by atoms with E-state index in [4.69, 9.17) is 21.1 Å². The Hall–Kier alpha value is -2.77. The average Bonchev–Trinajstić information content (AvgIpc) is 2.73. The Balaban J connectivity index is 1.74. The van der Waals surface area contributed by atoms with Gasteiger partial charge in [-0.05, 0) is 48.4 Å². The third kappa shape index (κ3) is 5.87. The molecule has 0 aliphatic carbocycles. The third-order valence-electron chi connectivity index (χ3n) is 4.22. The lowest BCUT2D eigenvalue weighted by Crippen LogP contribution is -2.04. The van der Waals surface area contributed by atoms with Crippen LogP contribution >= 0.6 is 27.5 Å². The van der Waals surface area contributed by atoms with Gasteiger partial charge in [0.05, 0.1) is 16.6 Å². The van der Waals surface area contributed by atoms with Gasteiger partial charge in [-0.3, -0.25) is 10.1 Å². The van der Waals surface area contributed by atoms with Gasteiger partial charge in [0.1, 0.15) is 6.61 Å². The molecule has 0 bridgehead atoms. The largest absolute Gasteiger partial charge is 0.490 e. The number of ether oxygens (including phenoxy) is 2. The smallest absolute Gasteiger partial charge is 0.271 e. The zero-order valence-electron chi connectivity index (χ0n) is 16.2. The van der Waals surface area contributed by atoms with Crippen molar-refractivity contribution in [2.45, 2.75) is 20.1 Å². The van der Waals surface area contributed by atoms with Crippen molar-refractivity contribution in [1.29, 1.82) is 0 Å². The molecule has 0 amide bonds. The van der Waals surface area contributed by atoms with Crippen LogP contribution in [-0.4, -0.2) is 11.5 Å². The molecule has 0 saturated heterocycles. The molecule has 8 heteroatoms. The van der Waals surface area contributed by atoms with Crippen molar-refractivity contribution in [3.8, 4) is 11.5 Å². The minimum absolute atomic E-state index is 0.0322. The van der Waals surface area contributed by atoms with Crippen LogP contribution in [0.2, 0.25) is 5.02 Å². The van der Waals surface area contributed by atoms with Crippen molar-refractivity contribution in [3.63, 3.8) is 0 Å². The van der Waals surface area contributed by atoms with Gasteiger partial charge in [-0.2, -0.15) is 0 Å². The van der Waals surface area contributed by atoms with Crippen LogP contribution < -0.4 is 14.8 Å². The predicted molar refractivity (Wildman–Crippen MR) is 122 cm³/mol. The molecule has 3 aromatic carbocycles. The van der Waals surface area contributed by atoms with Crippen molar-refractivity contribution < 1.29 is 14.4 Å². The number of halogens is 2. The van der Waals surface area contributed by atoms with Crippen LogP contribution in [0.15, 0.2) is 65.1 Å². The molecule has 6 nitrogen and oxygen atoms in total. The number of anilines is 1. The number of nitro benzene ring substituents is 1. The number of rotatable bonds is 9. The maximum atomic E-state index is 10.9. The lowest BCUT2D eigenvalue weighted by atomic mass is 10.2. The number of nitrogens with one attached hydrogen (secondary N) is 1. The van der Waals surface area contributed by atoms with Crippen molar-refractivity contribution in [1.82, 2.24) is 0 Å². The Kier molecular flexibility index (Phi) is 7.54. The second kappa shape index (κ2) is 10.3. The van der Waals surface area contributed by atoms with Gasteiger partial charge in [-0.25, -0.2) is 0 Å². The van der Waals surface area contributed by atoms with Gasteiger partial charge in [0.15, 0.2) is 11.5 Å². The first-order valence-corrected chi connectivity index (χ1v) is 10.4. The van der Waals surface area contributed by atoms with E-state index < -0.39 is 4.92 Å². The summed E-state index contributed by atoms with van der Waals surface area (Å²) < 4.78 is 12.7. The van der Waals surface area contributed by atoms with Crippen molar-refractivity contribution in [2.24, 2.45) is 0 Å². The normalized spacial score (nSPS) is 10.5.